The van der Waals surface area contributed by atoms with Crippen molar-refractivity contribution in [2.45, 2.75) is 112 Å². The van der Waals surface area contributed by atoms with Crippen LogP contribution >= 0.6 is 0 Å². The van der Waals surface area contributed by atoms with Crippen molar-refractivity contribution in [1.82, 2.24) is 0 Å². The summed E-state index contributed by atoms with van der Waals surface area (Å²) in [6.07, 6.45) is 17.3. The van der Waals surface area contributed by atoms with Crippen LogP contribution in [0.25, 0.3) is 0 Å². The molecule has 1 heteroatoms. The minimum atomic E-state index is 0.433. The van der Waals surface area contributed by atoms with Gasteiger partial charge < -0.3 is 5.11 Å². The fourth-order valence-electron chi connectivity index (χ4n) is 9.84. The molecule has 168 valence electrons. The summed E-state index contributed by atoms with van der Waals surface area (Å²) in [5, 5.41) is 10.4. The zero-order valence-corrected chi connectivity index (χ0v) is 20.3. The maximum Gasteiger partial charge on any atom is 0.0462 e. The van der Waals surface area contributed by atoms with Crippen molar-refractivity contribution in [1.29, 1.82) is 0 Å². The molecule has 4 aliphatic rings. The molecule has 0 radical (unpaired) electrons. The van der Waals surface area contributed by atoms with Gasteiger partial charge in [0.2, 0.25) is 0 Å². The van der Waals surface area contributed by atoms with Gasteiger partial charge in [-0.25, -0.2) is 0 Å². The Morgan fingerprint density at radius 1 is 0.862 bits per heavy atom. The summed E-state index contributed by atoms with van der Waals surface area (Å²) < 4.78 is 0. The van der Waals surface area contributed by atoms with E-state index in [1.165, 1.54) is 77.0 Å². The first-order chi connectivity index (χ1) is 13.8. The molecule has 0 saturated heterocycles. The molecular formula is C28H50O. The molecule has 0 aromatic carbocycles. The molecule has 29 heavy (non-hydrogen) atoms. The van der Waals surface area contributed by atoms with Gasteiger partial charge in [0.15, 0.2) is 0 Å². The third-order valence-corrected chi connectivity index (χ3v) is 11.1. The number of rotatable bonds is 6. The fourth-order valence-corrected chi connectivity index (χ4v) is 9.84. The third kappa shape index (κ3) is 3.74. The van der Waals surface area contributed by atoms with Gasteiger partial charge in [-0.15, -0.1) is 0 Å². The van der Waals surface area contributed by atoms with Crippen LogP contribution in [-0.2, 0) is 0 Å². The second-order valence-electron chi connectivity index (χ2n) is 13.0. The molecule has 2 unspecified atom stereocenters. The van der Waals surface area contributed by atoms with Gasteiger partial charge in [-0.2, -0.15) is 0 Å². The number of hydrogen-bond acceptors (Lipinski definition) is 1. The number of fused-ring (bicyclic) bond motifs is 5. The maximum absolute atomic E-state index is 10.4. The Labute approximate surface area is 181 Å². The van der Waals surface area contributed by atoms with Gasteiger partial charge in [0.05, 0.1) is 0 Å². The smallest absolute Gasteiger partial charge is 0.0462 e. The molecule has 4 aliphatic carbocycles. The highest BCUT2D eigenvalue weighted by Gasteiger charge is 2.62. The Morgan fingerprint density at radius 3 is 2.38 bits per heavy atom. The van der Waals surface area contributed by atoms with E-state index in [1.54, 1.807) is 0 Å². The van der Waals surface area contributed by atoms with Crippen molar-refractivity contribution in [3.05, 3.63) is 0 Å². The van der Waals surface area contributed by atoms with Gasteiger partial charge in [-0.1, -0.05) is 66.7 Å². The SMILES string of the molecule is CC(C)CCC[C@@H](C)[C@H]1C(CO)C[C@H]2[C@@H]3CCC4CCCC[C@]4(C)[C@H]3CC[C@]12C. The molecule has 0 heterocycles. The zero-order chi connectivity index (χ0) is 20.8. The highest BCUT2D eigenvalue weighted by Crippen LogP contribution is 2.69. The minimum Gasteiger partial charge on any atom is -0.396 e. The molecule has 0 bridgehead atoms. The lowest BCUT2D eigenvalue weighted by molar-refractivity contribution is -0.115. The second-order valence-corrected chi connectivity index (χ2v) is 13.0. The molecular weight excluding hydrogens is 352 g/mol. The standard InChI is InChI=1S/C28H50O/c1-19(2)9-8-10-20(3)26-21(18-29)17-25-23-13-12-22-11-6-7-15-27(22,4)24(23)14-16-28(25,26)5/h19-26,29H,6-18H2,1-5H3/t20-,21?,22?,23-,24+,25+,26+,27+,28+/m1/s1. The Bertz CT molecular complexity index is 555. The van der Waals surface area contributed by atoms with Crippen molar-refractivity contribution >= 4 is 0 Å². The quantitative estimate of drug-likeness (QED) is 0.482. The Kier molecular flexibility index (Phi) is 6.48. The highest BCUT2D eigenvalue weighted by atomic mass is 16.3. The predicted octanol–water partition coefficient (Wildman–Crippen LogP) is 7.72. The first kappa shape index (κ1) is 22.2. The van der Waals surface area contributed by atoms with E-state index < -0.39 is 0 Å². The van der Waals surface area contributed by atoms with Crippen molar-refractivity contribution in [2.24, 2.45) is 58.2 Å². The van der Waals surface area contributed by atoms with Crippen LogP contribution in [-0.4, -0.2) is 11.7 Å². The molecule has 0 aromatic rings. The lowest BCUT2D eigenvalue weighted by Crippen LogP contribution is -2.53. The van der Waals surface area contributed by atoms with Crippen molar-refractivity contribution in [3.8, 4) is 0 Å². The van der Waals surface area contributed by atoms with Crippen LogP contribution in [0.1, 0.15) is 112 Å². The van der Waals surface area contributed by atoms with Crippen LogP contribution in [0.3, 0.4) is 0 Å². The topological polar surface area (TPSA) is 20.2 Å². The molecule has 1 nitrogen and oxygen atoms in total. The van der Waals surface area contributed by atoms with Crippen LogP contribution in [0.4, 0.5) is 0 Å². The van der Waals surface area contributed by atoms with Crippen molar-refractivity contribution in [2.75, 3.05) is 6.61 Å². The van der Waals surface area contributed by atoms with E-state index in [0.29, 0.717) is 23.4 Å². The summed E-state index contributed by atoms with van der Waals surface area (Å²) in [4.78, 5) is 0. The highest BCUT2D eigenvalue weighted by molar-refractivity contribution is 5.11. The lowest BCUT2D eigenvalue weighted by atomic mass is 9.44. The molecule has 0 aromatic heterocycles. The van der Waals surface area contributed by atoms with E-state index in [-0.39, 0.29) is 0 Å². The summed E-state index contributed by atoms with van der Waals surface area (Å²) >= 11 is 0. The van der Waals surface area contributed by atoms with Crippen LogP contribution < -0.4 is 0 Å². The number of aliphatic hydroxyl groups is 1. The maximum atomic E-state index is 10.4. The monoisotopic (exact) mass is 402 g/mol. The van der Waals surface area contributed by atoms with Gasteiger partial charge in [0, 0.05) is 6.61 Å². The summed E-state index contributed by atoms with van der Waals surface area (Å²) in [6, 6.07) is 0. The van der Waals surface area contributed by atoms with E-state index in [4.69, 9.17) is 0 Å². The number of hydrogen-bond donors (Lipinski definition) is 1. The van der Waals surface area contributed by atoms with Gasteiger partial charge in [0.25, 0.3) is 0 Å². The average molecular weight is 403 g/mol. The van der Waals surface area contributed by atoms with Gasteiger partial charge in [-0.05, 0) is 103 Å². The number of aliphatic hydroxyl groups excluding tert-OH is 1. The molecule has 0 aliphatic heterocycles. The van der Waals surface area contributed by atoms with E-state index in [1.807, 2.05) is 0 Å². The fraction of sp³-hybridized carbons (Fsp3) is 1.00. The van der Waals surface area contributed by atoms with Gasteiger partial charge in [0.1, 0.15) is 0 Å². The molecule has 0 amide bonds. The van der Waals surface area contributed by atoms with Crippen LogP contribution in [0.2, 0.25) is 0 Å². The minimum absolute atomic E-state index is 0.433. The van der Waals surface area contributed by atoms with Crippen molar-refractivity contribution in [3.63, 3.8) is 0 Å². The molecule has 4 rings (SSSR count). The van der Waals surface area contributed by atoms with Crippen LogP contribution in [0, 0.1) is 58.2 Å². The molecule has 1 N–H and O–H groups in total. The Balaban J connectivity index is 1.53. The van der Waals surface area contributed by atoms with E-state index in [2.05, 4.69) is 34.6 Å². The average Bonchev–Trinajstić information content (AvgIpc) is 2.99. The van der Waals surface area contributed by atoms with Crippen LogP contribution in [0.15, 0.2) is 0 Å². The normalized spacial score (nSPS) is 48.1. The first-order valence-corrected chi connectivity index (χ1v) is 13.4. The first-order valence-electron chi connectivity index (χ1n) is 13.4. The van der Waals surface area contributed by atoms with E-state index in [9.17, 15) is 5.11 Å². The third-order valence-electron chi connectivity index (χ3n) is 11.1. The van der Waals surface area contributed by atoms with Gasteiger partial charge in [-0.3, -0.25) is 0 Å². The van der Waals surface area contributed by atoms with Gasteiger partial charge >= 0.3 is 0 Å². The molecule has 4 fully saturated rings. The largest absolute Gasteiger partial charge is 0.396 e. The Hall–Kier alpha value is -0.0400. The summed E-state index contributed by atoms with van der Waals surface area (Å²) in [5.74, 6) is 6.75. The summed E-state index contributed by atoms with van der Waals surface area (Å²) in [7, 11) is 0. The van der Waals surface area contributed by atoms with E-state index >= 15 is 0 Å². The zero-order valence-electron chi connectivity index (χ0n) is 20.3. The molecule has 9 atom stereocenters. The Morgan fingerprint density at radius 2 is 1.66 bits per heavy atom. The molecule has 0 spiro atoms. The van der Waals surface area contributed by atoms with E-state index in [0.717, 1.165) is 41.4 Å². The lowest BCUT2D eigenvalue weighted by Gasteiger charge is -2.61. The second kappa shape index (κ2) is 8.48. The predicted molar refractivity (Wildman–Crippen MR) is 124 cm³/mol. The van der Waals surface area contributed by atoms with Crippen molar-refractivity contribution < 1.29 is 5.11 Å². The molecule has 4 saturated carbocycles. The summed E-state index contributed by atoms with van der Waals surface area (Å²) in [5.41, 5.74) is 1.13. The van der Waals surface area contributed by atoms with Crippen LogP contribution in [0.5, 0.6) is 0 Å². The summed E-state index contributed by atoms with van der Waals surface area (Å²) in [6.45, 7) is 13.0.